The largest absolute Gasteiger partial charge is 0.488 e. The van der Waals surface area contributed by atoms with Crippen molar-refractivity contribution in [2.75, 3.05) is 13.2 Å². The van der Waals surface area contributed by atoms with Gasteiger partial charge in [-0.1, -0.05) is 48.9 Å². The van der Waals surface area contributed by atoms with Gasteiger partial charge in [0, 0.05) is 35.2 Å². The number of ether oxygens (including phenoxy) is 2. The molecule has 3 atom stereocenters. The molecule has 0 saturated carbocycles. The van der Waals surface area contributed by atoms with Crippen molar-refractivity contribution in [3.05, 3.63) is 81.9 Å². The minimum Gasteiger partial charge on any atom is -0.488 e. The summed E-state index contributed by atoms with van der Waals surface area (Å²) < 4.78 is 42.6. The van der Waals surface area contributed by atoms with E-state index in [0.29, 0.717) is 5.56 Å². The summed E-state index contributed by atoms with van der Waals surface area (Å²) in [4.78, 5) is 12.3. The fourth-order valence-corrected chi connectivity index (χ4v) is 4.84. The van der Waals surface area contributed by atoms with Crippen molar-refractivity contribution < 1.29 is 28.2 Å². The van der Waals surface area contributed by atoms with Crippen molar-refractivity contribution in [1.29, 1.82) is 0 Å². The van der Waals surface area contributed by atoms with Gasteiger partial charge in [0.1, 0.15) is 18.2 Å². The van der Waals surface area contributed by atoms with E-state index in [2.05, 4.69) is 0 Å². The molecule has 3 aromatic rings. The number of halogens is 3. The number of aliphatic hydroxyl groups excluding tert-OH is 1. The lowest BCUT2D eigenvalue weighted by molar-refractivity contribution is 0.0800. The second-order valence-corrected chi connectivity index (χ2v) is 8.95. The number of hydrogen-bond donors (Lipinski definition) is 3. The molecular weight excluding hydrogens is 478 g/mol. The van der Waals surface area contributed by atoms with Crippen LogP contribution in [0.3, 0.4) is 0 Å². The van der Waals surface area contributed by atoms with Crippen molar-refractivity contribution in [1.82, 2.24) is 0 Å². The fourth-order valence-electron chi connectivity index (χ4n) is 4.59. The van der Waals surface area contributed by atoms with Crippen LogP contribution in [0.2, 0.25) is 5.02 Å². The third-order valence-corrected chi connectivity index (χ3v) is 6.68. The zero-order valence-corrected chi connectivity index (χ0v) is 19.9. The van der Waals surface area contributed by atoms with Crippen LogP contribution in [0.25, 0.3) is 11.1 Å². The number of carbonyl (C=O) groups excluding carboxylic acids is 1. The molecule has 4 rings (SSSR count). The molecule has 0 aliphatic carbocycles. The zero-order chi connectivity index (χ0) is 25.5. The normalized spacial score (nSPS) is 19.7. The maximum atomic E-state index is 15.9. The zero-order valence-electron chi connectivity index (χ0n) is 19.1. The third-order valence-electron chi connectivity index (χ3n) is 6.31. The Hall–Kier alpha value is -3.20. The van der Waals surface area contributed by atoms with Gasteiger partial charge in [-0.3, -0.25) is 4.79 Å². The highest BCUT2D eigenvalue weighted by molar-refractivity contribution is 6.34. The number of amides is 1. The van der Waals surface area contributed by atoms with Crippen LogP contribution in [0, 0.1) is 11.6 Å². The van der Waals surface area contributed by atoms with E-state index < -0.39 is 40.2 Å². The van der Waals surface area contributed by atoms with Crippen LogP contribution in [0.15, 0.2) is 48.5 Å². The van der Waals surface area contributed by atoms with E-state index in [4.69, 9.17) is 32.5 Å². The summed E-state index contributed by atoms with van der Waals surface area (Å²) in [6, 6.07) is 12.8. The molecule has 9 heteroatoms. The van der Waals surface area contributed by atoms with E-state index in [-0.39, 0.29) is 41.3 Å². The van der Waals surface area contributed by atoms with Crippen molar-refractivity contribution in [2.24, 2.45) is 11.5 Å². The maximum absolute atomic E-state index is 15.9. The second-order valence-electron chi connectivity index (χ2n) is 8.57. The Morgan fingerprint density at radius 3 is 2.51 bits per heavy atom. The predicted molar refractivity (Wildman–Crippen MR) is 129 cm³/mol. The van der Waals surface area contributed by atoms with Crippen LogP contribution in [0.5, 0.6) is 11.5 Å². The molecular formula is C26H25ClF2N2O4. The van der Waals surface area contributed by atoms with Gasteiger partial charge in [0.05, 0.1) is 16.7 Å². The van der Waals surface area contributed by atoms with E-state index >= 15 is 8.78 Å². The van der Waals surface area contributed by atoms with E-state index in [9.17, 15) is 9.90 Å². The summed E-state index contributed by atoms with van der Waals surface area (Å²) in [5.74, 6) is -3.39. The van der Waals surface area contributed by atoms with Crippen LogP contribution in [-0.2, 0) is 5.60 Å². The lowest BCUT2D eigenvalue weighted by atomic mass is 9.77. The Morgan fingerprint density at radius 1 is 1.23 bits per heavy atom. The average Bonchev–Trinajstić information content (AvgIpc) is 3.11. The number of carbonyl (C=O) groups is 1. The molecule has 0 aromatic heterocycles. The van der Waals surface area contributed by atoms with E-state index in [1.54, 1.807) is 0 Å². The summed E-state index contributed by atoms with van der Waals surface area (Å²) in [6.07, 6.45) is -0.875. The third kappa shape index (κ3) is 4.11. The highest BCUT2D eigenvalue weighted by atomic mass is 35.5. The first kappa shape index (κ1) is 24.9. The molecule has 1 heterocycles. The molecule has 3 aromatic carbocycles. The summed E-state index contributed by atoms with van der Waals surface area (Å²) in [5, 5.41) is 9.15. The quantitative estimate of drug-likeness (QED) is 0.441. The summed E-state index contributed by atoms with van der Waals surface area (Å²) in [5.41, 5.74) is 11.2. The Labute approximate surface area is 206 Å². The first-order valence-corrected chi connectivity index (χ1v) is 11.4. The van der Waals surface area contributed by atoms with Crippen molar-refractivity contribution in [3.8, 4) is 22.6 Å². The average molecular weight is 503 g/mol. The van der Waals surface area contributed by atoms with Gasteiger partial charge in [-0.15, -0.1) is 0 Å². The minimum absolute atomic E-state index is 0.0359. The van der Waals surface area contributed by atoms with Gasteiger partial charge in [-0.05, 0) is 24.6 Å². The standard InChI is InChI=1S/C26H25ClF2N2O4/c1-13(32)11-34-18-9-8-16(25(31)33)21(24(18)29)22-20-14(2)26(12-30,15-6-4-3-5-7-15)35-19(20)10-17(28)23(22)27/h3-10,13-14,32H,11-12,30H2,1-2H3,(H2,31,33)/t13-,14-,26-/m0/s1. The fraction of sp³-hybridized carbons (Fsp3) is 0.269. The molecule has 35 heavy (non-hydrogen) atoms. The van der Waals surface area contributed by atoms with E-state index in [0.717, 1.165) is 11.6 Å². The molecule has 184 valence electrons. The first-order valence-electron chi connectivity index (χ1n) is 11.0. The van der Waals surface area contributed by atoms with Crippen LogP contribution >= 0.6 is 11.6 Å². The number of primary amides is 1. The summed E-state index contributed by atoms with van der Waals surface area (Å²) in [7, 11) is 0. The van der Waals surface area contributed by atoms with Gasteiger partial charge in [-0.2, -0.15) is 0 Å². The molecule has 5 N–H and O–H groups in total. The van der Waals surface area contributed by atoms with Gasteiger partial charge in [0.2, 0.25) is 5.91 Å². The molecule has 0 radical (unpaired) electrons. The lowest BCUT2D eigenvalue weighted by Crippen LogP contribution is -2.41. The maximum Gasteiger partial charge on any atom is 0.249 e. The van der Waals surface area contributed by atoms with E-state index in [1.807, 2.05) is 37.3 Å². The topological polar surface area (TPSA) is 108 Å². The number of aliphatic hydroxyl groups is 1. The van der Waals surface area contributed by atoms with Gasteiger partial charge in [0.15, 0.2) is 17.2 Å². The monoisotopic (exact) mass is 502 g/mol. The molecule has 1 amide bonds. The van der Waals surface area contributed by atoms with Crippen LogP contribution in [-0.4, -0.2) is 30.3 Å². The Bertz CT molecular complexity index is 1290. The van der Waals surface area contributed by atoms with Crippen LogP contribution < -0.4 is 20.9 Å². The Morgan fingerprint density at radius 2 is 1.91 bits per heavy atom. The predicted octanol–water partition coefficient (Wildman–Crippen LogP) is 4.49. The second kappa shape index (κ2) is 9.45. The van der Waals surface area contributed by atoms with Gasteiger partial charge in [0.25, 0.3) is 0 Å². The Balaban J connectivity index is 2.00. The van der Waals surface area contributed by atoms with Crippen molar-refractivity contribution in [3.63, 3.8) is 0 Å². The molecule has 0 bridgehead atoms. The highest BCUT2D eigenvalue weighted by Crippen LogP contribution is 2.56. The smallest absolute Gasteiger partial charge is 0.249 e. The molecule has 1 aliphatic heterocycles. The molecule has 0 spiro atoms. The number of rotatable bonds is 7. The van der Waals surface area contributed by atoms with E-state index in [1.165, 1.54) is 19.1 Å². The SMILES string of the molecule is C[C@H](O)COc1ccc(C(N)=O)c(-c2c(Cl)c(F)cc3c2[C@H](C)[C@@](CN)(c2ccccc2)O3)c1F. The van der Waals surface area contributed by atoms with Crippen molar-refractivity contribution >= 4 is 17.5 Å². The van der Waals surface area contributed by atoms with Crippen LogP contribution in [0.4, 0.5) is 8.78 Å². The highest BCUT2D eigenvalue weighted by Gasteiger charge is 2.49. The van der Waals surface area contributed by atoms with Crippen molar-refractivity contribution in [2.45, 2.75) is 31.5 Å². The number of fused-ring (bicyclic) bond motifs is 1. The van der Waals surface area contributed by atoms with Gasteiger partial charge >= 0.3 is 0 Å². The number of nitrogens with two attached hydrogens (primary N) is 2. The molecule has 6 nitrogen and oxygen atoms in total. The Kier molecular flexibility index (Phi) is 6.73. The minimum atomic E-state index is -1.08. The first-order chi connectivity index (χ1) is 16.6. The lowest BCUT2D eigenvalue weighted by Gasteiger charge is -2.32. The van der Waals surface area contributed by atoms with Gasteiger partial charge < -0.3 is 26.0 Å². The molecule has 1 aliphatic rings. The summed E-state index contributed by atoms with van der Waals surface area (Å²) >= 11 is 6.43. The molecule has 0 unspecified atom stereocenters. The molecule has 0 fully saturated rings. The van der Waals surface area contributed by atoms with Crippen LogP contribution in [0.1, 0.15) is 41.3 Å². The van der Waals surface area contributed by atoms with Gasteiger partial charge in [-0.25, -0.2) is 8.78 Å². The number of benzene rings is 3. The number of hydrogen-bond acceptors (Lipinski definition) is 5. The summed E-state index contributed by atoms with van der Waals surface area (Å²) in [6.45, 7) is 3.13. The molecule has 0 saturated heterocycles.